The lowest BCUT2D eigenvalue weighted by atomic mass is 9.87. The summed E-state index contributed by atoms with van der Waals surface area (Å²) in [6.45, 7) is 0. The van der Waals surface area contributed by atoms with Crippen molar-refractivity contribution in [3.63, 3.8) is 0 Å². The molecule has 0 radical (unpaired) electrons. The van der Waals surface area contributed by atoms with Crippen LogP contribution in [-0.4, -0.2) is 10.5 Å². The first-order valence-corrected chi connectivity index (χ1v) is 7.20. The van der Waals surface area contributed by atoms with Crippen LogP contribution in [0.15, 0.2) is 47.4 Å². The molecular weight excluding hydrogens is 264 g/mol. The molecule has 4 heteroatoms. The monoisotopic (exact) mass is 282 g/mol. The highest BCUT2D eigenvalue weighted by Crippen LogP contribution is 2.29. The van der Waals surface area contributed by atoms with Crippen molar-refractivity contribution in [1.29, 1.82) is 0 Å². The topological polar surface area (TPSA) is 51.1 Å². The molecule has 3 rings (SSSR count). The fourth-order valence-corrected chi connectivity index (χ4v) is 2.84. The summed E-state index contributed by atoms with van der Waals surface area (Å²) in [5.41, 5.74) is 2.74. The molecule has 1 atom stereocenters. The van der Waals surface area contributed by atoms with Gasteiger partial charge in [0.15, 0.2) is 0 Å². The molecule has 2 aromatic rings. The first-order valence-electron chi connectivity index (χ1n) is 7.20. The number of benzene rings is 1. The molecule has 0 spiro atoms. The number of carbonyl (C=O) groups is 1. The molecule has 1 aliphatic rings. The number of aromatic nitrogens is 1. The summed E-state index contributed by atoms with van der Waals surface area (Å²) in [6.07, 6.45) is 4.69. The second-order valence-corrected chi connectivity index (χ2v) is 5.48. The summed E-state index contributed by atoms with van der Waals surface area (Å²) in [5, 5.41) is 3.05. The smallest absolute Gasteiger partial charge is 0.252 e. The van der Waals surface area contributed by atoms with Gasteiger partial charge in [-0.15, -0.1) is 0 Å². The van der Waals surface area contributed by atoms with Crippen molar-refractivity contribution < 1.29 is 4.79 Å². The first kappa shape index (κ1) is 13.6. The average molecular weight is 282 g/mol. The Labute approximate surface area is 123 Å². The number of carbonyl (C=O) groups excluding carboxylic acids is 1. The molecule has 21 heavy (non-hydrogen) atoms. The standard InChI is InChI=1S/C17H18N2O2/c1-19-10-9-13(11-16(19)20)17(21)18-15-8-4-6-12-5-2-3-7-14(12)15/h2-3,5,7,9-11,15H,4,6,8H2,1H3,(H,18,21). The Bertz CT molecular complexity index is 734. The van der Waals surface area contributed by atoms with Crippen molar-refractivity contribution >= 4 is 5.91 Å². The van der Waals surface area contributed by atoms with Crippen LogP contribution in [0.2, 0.25) is 0 Å². The molecule has 0 bridgehead atoms. The molecule has 0 saturated carbocycles. The second kappa shape index (κ2) is 5.56. The lowest BCUT2D eigenvalue weighted by Gasteiger charge is -2.26. The van der Waals surface area contributed by atoms with Gasteiger partial charge in [-0.3, -0.25) is 9.59 Å². The van der Waals surface area contributed by atoms with Gasteiger partial charge < -0.3 is 9.88 Å². The summed E-state index contributed by atoms with van der Waals surface area (Å²) in [4.78, 5) is 23.9. The van der Waals surface area contributed by atoms with Gasteiger partial charge in [-0.2, -0.15) is 0 Å². The number of rotatable bonds is 2. The van der Waals surface area contributed by atoms with Gasteiger partial charge in [0.05, 0.1) is 6.04 Å². The van der Waals surface area contributed by atoms with Crippen LogP contribution in [0, 0.1) is 0 Å². The summed E-state index contributed by atoms with van der Waals surface area (Å²) >= 11 is 0. The normalized spacial score (nSPS) is 17.1. The van der Waals surface area contributed by atoms with E-state index in [9.17, 15) is 9.59 Å². The Morgan fingerprint density at radius 2 is 2.10 bits per heavy atom. The molecule has 1 amide bonds. The zero-order valence-corrected chi connectivity index (χ0v) is 12.0. The van der Waals surface area contributed by atoms with Gasteiger partial charge >= 0.3 is 0 Å². The van der Waals surface area contributed by atoms with Crippen LogP contribution in [0.3, 0.4) is 0 Å². The molecule has 1 aromatic carbocycles. The van der Waals surface area contributed by atoms with E-state index < -0.39 is 0 Å². The minimum absolute atomic E-state index is 0.0338. The Kier molecular flexibility index (Phi) is 3.60. The number of hydrogen-bond acceptors (Lipinski definition) is 2. The van der Waals surface area contributed by atoms with Crippen LogP contribution >= 0.6 is 0 Å². The maximum absolute atomic E-state index is 12.3. The van der Waals surface area contributed by atoms with E-state index in [1.54, 1.807) is 19.3 Å². The van der Waals surface area contributed by atoms with Crippen LogP contribution in [0.5, 0.6) is 0 Å². The fraction of sp³-hybridized carbons (Fsp3) is 0.294. The lowest BCUT2D eigenvalue weighted by molar-refractivity contribution is 0.0932. The number of hydrogen-bond donors (Lipinski definition) is 1. The Morgan fingerprint density at radius 1 is 1.29 bits per heavy atom. The molecule has 0 saturated heterocycles. The van der Waals surface area contributed by atoms with E-state index >= 15 is 0 Å². The number of amides is 1. The minimum atomic E-state index is -0.186. The fourth-order valence-electron chi connectivity index (χ4n) is 2.84. The Balaban J connectivity index is 1.82. The maximum atomic E-state index is 12.3. The molecule has 4 nitrogen and oxygen atoms in total. The van der Waals surface area contributed by atoms with Crippen LogP contribution in [0.4, 0.5) is 0 Å². The zero-order valence-electron chi connectivity index (χ0n) is 12.0. The van der Waals surface area contributed by atoms with Crippen molar-refractivity contribution in [3.8, 4) is 0 Å². The minimum Gasteiger partial charge on any atom is -0.345 e. The third-order valence-corrected chi connectivity index (χ3v) is 4.04. The predicted octanol–water partition coefficient (Wildman–Crippen LogP) is 2.19. The van der Waals surface area contributed by atoms with E-state index in [-0.39, 0.29) is 17.5 Å². The Hall–Kier alpha value is -2.36. The van der Waals surface area contributed by atoms with E-state index in [1.807, 2.05) is 12.1 Å². The zero-order chi connectivity index (χ0) is 14.8. The number of pyridine rings is 1. The van der Waals surface area contributed by atoms with E-state index in [1.165, 1.54) is 21.8 Å². The second-order valence-electron chi connectivity index (χ2n) is 5.48. The number of nitrogens with one attached hydrogen (secondary N) is 1. The highest BCUT2D eigenvalue weighted by Gasteiger charge is 2.21. The van der Waals surface area contributed by atoms with Gasteiger partial charge in [-0.05, 0) is 36.5 Å². The molecule has 1 aliphatic carbocycles. The number of fused-ring (bicyclic) bond motifs is 1. The number of aryl methyl sites for hydroxylation is 2. The van der Waals surface area contributed by atoms with Gasteiger partial charge in [0, 0.05) is 24.9 Å². The summed E-state index contributed by atoms with van der Waals surface area (Å²) in [7, 11) is 1.67. The predicted molar refractivity (Wildman–Crippen MR) is 81.3 cm³/mol. The molecular formula is C17H18N2O2. The molecule has 0 aliphatic heterocycles. The maximum Gasteiger partial charge on any atom is 0.252 e. The van der Waals surface area contributed by atoms with Gasteiger partial charge in [-0.1, -0.05) is 24.3 Å². The van der Waals surface area contributed by atoms with Crippen molar-refractivity contribution in [3.05, 3.63) is 69.6 Å². The van der Waals surface area contributed by atoms with E-state index in [0.717, 1.165) is 19.3 Å². The summed E-state index contributed by atoms with van der Waals surface area (Å²) in [6, 6.07) is 11.3. The van der Waals surface area contributed by atoms with Crippen LogP contribution in [-0.2, 0) is 13.5 Å². The van der Waals surface area contributed by atoms with Gasteiger partial charge in [0.25, 0.3) is 11.5 Å². The molecule has 1 unspecified atom stereocenters. The first-order chi connectivity index (χ1) is 10.1. The van der Waals surface area contributed by atoms with Gasteiger partial charge in [0.2, 0.25) is 0 Å². The summed E-state index contributed by atoms with van der Waals surface area (Å²) < 4.78 is 1.45. The van der Waals surface area contributed by atoms with Crippen molar-refractivity contribution in [2.24, 2.45) is 7.05 Å². The molecule has 108 valence electrons. The van der Waals surface area contributed by atoms with Gasteiger partial charge in [-0.25, -0.2) is 0 Å². The van der Waals surface area contributed by atoms with Crippen molar-refractivity contribution in [1.82, 2.24) is 9.88 Å². The highest BCUT2D eigenvalue weighted by molar-refractivity contribution is 5.94. The molecule has 0 fully saturated rings. The van der Waals surface area contributed by atoms with Crippen molar-refractivity contribution in [2.45, 2.75) is 25.3 Å². The SMILES string of the molecule is Cn1ccc(C(=O)NC2CCCc3ccccc32)cc1=O. The van der Waals surface area contributed by atoms with Crippen LogP contribution < -0.4 is 10.9 Å². The van der Waals surface area contributed by atoms with E-state index in [2.05, 4.69) is 17.4 Å². The molecule has 1 heterocycles. The highest BCUT2D eigenvalue weighted by atomic mass is 16.2. The number of nitrogens with zero attached hydrogens (tertiary/aromatic N) is 1. The van der Waals surface area contributed by atoms with E-state index in [0.29, 0.717) is 5.56 Å². The van der Waals surface area contributed by atoms with Gasteiger partial charge in [0.1, 0.15) is 0 Å². The third kappa shape index (κ3) is 2.75. The lowest BCUT2D eigenvalue weighted by Crippen LogP contribution is -2.32. The van der Waals surface area contributed by atoms with Crippen LogP contribution in [0.1, 0.15) is 40.4 Å². The average Bonchev–Trinajstić information content (AvgIpc) is 2.50. The van der Waals surface area contributed by atoms with E-state index in [4.69, 9.17) is 0 Å². The Morgan fingerprint density at radius 3 is 2.90 bits per heavy atom. The van der Waals surface area contributed by atoms with Crippen LogP contribution in [0.25, 0.3) is 0 Å². The third-order valence-electron chi connectivity index (χ3n) is 4.04. The molecule has 1 N–H and O–H groups in total. The summed E-state index contributed by atoms with van der Waals surface area (Å²) in [5.74, 6) is -0.186. The quantitative estimate of drug-likeness (QED) is 0.918. The largest absolute Gasteiger partial charge is 0.345 e. The van der Waals surface area contributed by atoms with Crippen molar-refractivity contribution in [2.75, 3.05) is 0 Å². The molecule has 1 aromatic heterocycles.